The van der Waals surface area contributed by atoms with Crippen LogP contribution in [0.2, 0.25) is 0 Å². The third kappa shape index (κ3) is 2.63. The zero-order valence-electron chi connectivity index (χ0n) is 9.50. The van der Waals surface area contributed by atoms with Gasteiger partial charge in [0.25, 0.3) is 0 Å². The highest BCUT2D eigenvalue weighted by atomic mass is 19.4. The van der Waals surface area contributed by atoms with Gasteiger partial charge in [0.1, 0.15) is 0 Å². The first-order valence-electron chi connectivity index (χ1n) is 5.92. The lowest BCUT2D eigenvalue weighted by Crippen LogP contribution is -2.23. The molecule has 1 aliphatic carbocycles. The monoisotopic (exact) mass is 243 g/mol. The summed E-state index contributed by atoms with van der Waals surface area (Å²) in [7, 11) is 0. The van der Waals surface area contributed by atoms with Gasteiger partial charge in [-0.15, -0.1) is 0 Å². The molecule has 1 atom stereocenters. The third-order valence-corrected chi connectivity index (χ3v) is 3.53. The molecule has 0 heterocycles. The number of nitrogens with two attached hydrogens (primary N) is 1. The topological polar surface area (TPSA) is 26.0 Å². The van der Waals surface area contributed by atoms with Gasteiger partial charge in [-0.25, -0.2) is 0 Å². The van der Waals surface area contributed by atoms with Crippen LogP contribution in [0, 0.1) is 5.92 Å². The summed E-state index contributed by atoms with van der Waals surface area (Å²) in [5.41, 5.74) is 5.66. The van der Waals surface area contributed by atoms with Gasteiger partial charge in [0.15, 0.2) is 0 Å². The number of hydrogen-bond donors (Lipinski definition) is 1. The van der Waals surface area contributed by atoms with Crippen molar-refractivity contribution >= 4 is 0 Å². The fourth-order valence-electron chi connectivity index (χ4n) is 2.62. The molecule has 0 amide bonds. The van der Waals surface area contributed by atoms with Crippen LogP contribution < -0.4 is 5.73 Å². The minimum absolute atomic E-state index is 0.193. The Labute approximate surface area is 98.8 Å². The maximum Gasteiger partial charge on any atom is 0.416 e. The minimum atomic E-state index is -4.31. The van der Waals surface area contributed by atoms with E-state index < -0.39 is 17.8 Å². The molecule has 2 rings (SSSR count). The molecule has 1 aliphatic rings. The van der Waals surface area contributed by atoms with Crippen LogP contribution >= 0.6 is 0 Å². The van der Waals surface area contributed by atoms with E-state index in [1.54, 1.807) is 6.07 Å². The predicted octanol–water partition coefficient (Wildman–Crippen LogP) is 3.90. The molecule has 1 fully saturated rings. The Kier molecular flexibility index (Phi) is 3.43. The largest absolute Gasteiger partial charge is 0.416 e. The first kappa shape index (κ1) is 12.4. The highest BCUT2D eigenvalue weighted by Crippen LogP contribution is 2.39. The second-order valence-corrected chi connectivity index (χ2v) is 4.66. The number of hydrogen-bond acceptors (Lipinski definition) is 1. The molecule has 0 aromatic heterocycles. The number of benzene rings is 1. The predicted molar refractivity (Wildman–Crippen MR) is 60.3 cm³/mol. The molecule has 4 heteroatoms. The Bertz CT molecular complexity index is 380. The lowest BCUT2D eigenvalue weighted by molar-refractivity contribution is -0.138. The van der Waals surface area contributed by atoms with Crippen molar-refractivity contribution in [2.45, 2.75) is 37.9 Å². The molecule has 94 valence electrons. The van der Waals surface area contributed by atoms with Crippen LogP contribution in [0.25, 0.3) is 0 Å². The molecule has 0 aliphatic heterocycles. The summed E-state index contributed by atoms with van der Waals surface area (Å²) < 4.78 is 38.5. The molecule has 17 heavy (non-hydrogen) atoms. The van der Waals surface area contributed by atoms with Crippen molar-refractivity contribution in [3.8, 4) is 0 Å². The van der Waals surface area contributed by atoms with E-state index >= 15 is 0 Å². The third-order valence-electron chi connectivity index (χ3n) is 3.53. The van der Waals surface area contributed by atoms with E-state index in [0.717, 1.165) is 31.7 Å². The smallest absolute Gasteiger partial charge is 0.324 e. The summed E-state index contributed by atoms with van der Waals surface area (Å²) in [5.74, 6) is 0.193. The molecular formula is C13H16F3N. The fourth-order valence-corrected chi connectivity index (χ4v) is 2.62. The van der Waals surface area contributed by atoms with Crippen molar-refractivity contribution in [1.29, 1.82) is 0 Å². The van der Waals surface area contributed by atoms with Gasteiger partial charge in [-0.05, 0) is 30.4 Å². The van der Waals surface area contributed by atoms with Crippen molar-refractivity contribution < 1.29 is 13.2 Å². The van der Waals surface area contributed by atoms with Gasteiger partial charge < -0.3 is 5.73 Å². The Morgan fingerprint density at radius 1 is 1.12 bits per heavy atom. The van der Waals surface area contributed by atoms with Crippen LogP contribution in [-0.4, -0.2) is 0 Å². The van der Waals surface area contributed by atoms with Crippen molar-refractivity contribution in [2.75, 3.05) is 0 Å². The normalized spacial score (nSPS) is 19.5. The molecule has 1 nitrogen and oxygen atoms in total. The molecular weight excluding hydrogens is 227 g/mol. The van der Waals surface area contributed by atoms with Crippen LogP contribution in [0.3, 0.4) is 0 Å². The average Bonchev–Trinajstić information content (AvgIpc) is 2.80. The van der Waals surface area contributed by atoms with E-state index in [4.69, 9.17) is 5.73 Å². The molecule has 0 saturated heterocycles. The Morgan fingerprint density at radius 3 is 2.29 bits per heavy atom. The molecule has 1 aromatic carbocycles. The maximum absolute atomic E-state index is 12.8. The molecule has 0 spiro atoms. The van der Waals surface area contributed by atoms with Crippen molar-refractivity contribution in [2.24, 2.45) is 11.7 Å². The van der Waals surface area contributed by atoms with Gasteiger partial charge in [0, 0.05) is 6.04 Å². The van der Waals surface area contributed by atoms with E-state index in [1.807, 2.05) is 0 Å². The van der Waals surface area contributed by atoms with Crippen LogP contribution in [0.5, 0.6) is 0 Å². The molecule has 2 N–H and O–H groups in total. The van der Waals surface area contributed by atoms with Crippen LogP contribution in [0.15, 0.2) is 24.3 Å². The second-order valence-electron chi connectivity index (χ2n) is 4.66. The molecule has 0 bridgehead atoms. The van der Waals surface area contributed by atoms with Crippen molar-refractivity contribution in [3.05, 3.63) is 35.4 Å². The first-order chi connectivity index (χ1) is 8.00. The van der Waals surface area contributed by atoms with Crippen LogP contribution in [0.1, 0.15) is 42.9 Å². The van der Waals surface area contributed by atoms with Crippen molar-refractivity contribution in [1.82, 2.24) is 0 Å². The van der Waals surface area contributed by atoms with E-state index in [1.165, 1.54) is 12.1 Å². The van der Waals surface area contributed by atoms with E-state index in [2.05, 4.69) is 0 Å². The average molecular weight is 243 g/mol. The highest BCUT2D eigenvalue weighted by molar-refractivity contribution is 5.32. The van der Waals surface area contributed by atoms with Gasteiger partial charge in [-0.3, -0.25) is 0 Å². The van der Waals surface area contributed by atoms with Gasteiger partial charge in [0.2, 0.25) is 0 Å². The molecule has 0 radical (unpaired) electrons. The summed E-state index contributed by atoms with van der Waals surface area (Å²) in [6, 6.07) is 5.17. The van der Waals surface area contributed by atoms with Crippen LogP contribution in [-0.2, 0) is 6.18 Å². The molecule has 1 aromatic rings. The Morgan fingerprint density at radius 2 is 1.71 bits per heavy atom. The molecule has 1 saturated carbocycles. The maximum atomic E-state index is 12.8. The highest BCUT2D eigenvalue weighted by Gasteiger charge is 2.36. The summed E-state index contributed by atoms with van der Waals surface area (Å²) in [6.45, 7) is 0. The zero-order valence-corrected chi connectivity index (χ0v) is 9.50. The Balaban J connectivity index is 2.31. The number of rotatable bonds is 2. The lowest BCUT2D eigenvalue weighted by atomic mass is 9.89. The number of alkyl halides is 3. The lowest BCUT2D eigenvalue weighted by Gasteiger charge is -2.23. The zero-order chi connectivity index (χ0) is 12.5. The van der Waals surface area contributed by atoms with Crippen LogP contribution in [0.4, 0.5) is 13.2 Å². The van der Waals surface area contributed by atoms with Crippen molar-refractivity contribution in [3.63, 3.8) is 0 Å². The summed E-state index contributed by atoms with van der Waals surface area (Å²) in [5, 5.41) is 0. The van der Waals surface area contributed by atoms with Gasteiger partial charge in [-0.1, -0.05) is 31.0 Å². The van der Waals surface area contributed by atoms with Gasteiger partial charge in [0.05, 0.1) is 5.56 Å². The van der Waals surface area contributed by atoms with Gasteiger partial charge in [-0.2, -0.15) is 13.2 Å². The summed E-state index contributed by atoms with van der Waals surface area (Å²) in [4.78, 5) is 0. The Hall–Kier alpha value is -1.03. The molecule has 1 unspecified atom stereocenters. The first-order valence-corrected chi connectivity index (χ1v) is 5.92. The quantitative estimate of drug-likeness (QED) is 0.837. The number of halogens is 3. The standard InChI is InChI=1S/C13H16F3N/c14-13(15,16)11-8-4-3-7-10(11)12(17)9-5-1-2-6-9/h3-4,7-9,12H,1-2,5-6,17H2. The van der Waals surface area contributed by atoms with E-state index in [0.29, 0.717) is 0 Å². The minimum Gasteiger partial charge on any atom is -0.324 e. The van der Waals surface area contributed by atoms with Gasteiger partial charge >= 0.3 is 6.18 Å². The fraction of sp³-hybridized carbons (Fsp3) is 0.538. The van der Waals surface area contributed by atoms with E-state index in [-0.39, 0.29) is 11.5 Å². The summed E-state index contributed by atoms with van der Waals surface area (Å²) in [6.07, 6.45) is -0.285. The second kappa shape index (κ2) is 4.69. The van der Waals surface area contributed by atoms with E-state index in [9.17, 15) is 13.2 Å². The SMILES string of the molecule is NC(c1ccccc1C(F)(F)F)C1CCCC1. The summed E-state index contributed by atoms with van der Waals surface area (Å²) >= 11 is 0.